The van der Waals surface area contributed by atoms with E-state index in [1.807, 2.05) is 13.8 Å². The van der Waals surface area contributed by atoms with Crippen molar-refractivity contribution in [2.24, 2.45) is 5.92 Å². The van der Waals surface area contributed by atoms with E-state index in [1.54, 1.807) is 42.5 Å². The molecule has 0 spiro atoms. The van der Waals surface area contributed by atoms with Crippen molar-refractivity contribution in [1.29, 1.82) is 0 Å². The molecule has 0 atom stereocenters. The number of anilines is 2. The van der Waals surface area contributed by atoms with Gasteiger partial charge < -0.3 is 21.3 Å². The number of halogens is 1. The van der Waals surface area contributed by atoms with E-state index in [0.29, 0.717) is 35.0 Å². The van der Waals surface area contributed by atoms with Crippen LogP contribution in [0.25, 0.3) is 0 Å². The fraction of sp³-hybridized carbons (Fsp3) is 0.286. The lowest BCUT2D eigenvalue weighted by molar-refractivity contribution is -0.114. The molecule has 0 radical (unpaired) electrons. The third-order valence-corrected chi connectivity index (χ3v) is 4.32. The molecule has 29 heavy (non-hydrogen) atoms. The van der Waals surface area contributed by atoms with Crippen LogP contribution in [-0.4, -0.2) is 37.9 Å². The molecule has 2 aromatic carbocycles. The van der Waals surface area contributed by atoms with Crippen LogP contribution in [0.3, 0.4) is 0 Å². The summed E-state index contributed by atoms with van der Waals surface area (Å²) in [6.07, 6.45) is 0. The second-order valence-corrected chi connectivity index (χ2v) is 7.23. The SMILES string of the molecule is CNC(=O)c1ccc(NCC(=O)Nc2ccccc2C(=O)NCC(C)C)cc1Cl. The topological polar surface area (TPSA) is 99.3 Å². The van der Waals surface area contributed by atoms with Crippen LogP contribution >= 0.6 is 11.6 Å². The van der Waals surface area contributed by atoms with E-state index in [2.05, 4.69) is 21.3 Å². The summed E-state index contributed by atoms with van der Waals surface area (Å²) in [5, 5.41) is 11.3. The molecule has 2 aromatic rings. The van der Waals surface area contributed by atoms with Gasteiger partial charge in [0.1, 0.15) is 0 Å². The molecular formula is C21H25ClN4O3. The van der Waals surface area contributed by atoms with Gasteiger partial charge in [-0.1, -0.05) is 37.6 Å². The summed E-state index contributed by atoms with van der Waals surface area (Å²) < 4.78 is 0. The fourth-order valence-corrected chi connectivity index (χ4v) is 2.77. The van der Waals surface area contributed by atoms with Gasteiger partial charge in [0, 0.05) is 19.3 Å². The highest BCUT2D eigenvalue weighted by Gasteiger charge is 2.14. The lowest BCUT2D eigenvalue weighted by atomic mass is 10.1. The van der Waals surface area contributed by atoms with Gasteiger partial charge in [0.05, 0.1) is 28.4 Å². The third kappa shape index (κ3) is 6.50. The number of para-hydroxylation sites is 1. The molecule has 8 heteroatoms. The minimum absolute atomic E-state index is 0.0302. The predicted molar refractivity (Wildman–Crippen MR) is 116 cm³/mol. The first kappa shape index (κ1) is 22.2. The van der Waals surface area contributed by atoms with Crippen molar-refractivity contribution in [3.05, 3.63) is 58.6 Å². The Labute approximate surface area is 175 Å². The van der Waals surface area contributed by atoms with Gasteiger partial charge in [-0.15, -0.1) is 0 Å². The quantitative estimate of drug-likeness (QED) is 0.531. The second-order valence-electron chi connectivity index (χ2n) is 6.82. The molecule has 0 aliphatic carbocycles. The Morgan fingerprint density at radius 2 is 1.72 bits per heavy atom. The van der Waals surface area contributed by atoms with Crippen molar-refractivity contribution in [2.75, 3.05) is 30.8 Å². The highest BCUT2D eigenvalue weighted by molar-refractivity contribution is 6.34. The largest absolute Gasteiger partial charge is 0.376 e. The molecule has 4 N–H and O–H groups in total. The Balaban J connectivity index is 1.99. The van der Waals surface area contributed by atoms with Crippen molar-refractivity contribution in [2.45, 2.75) is 13.8 Å². The van der Waals surface area contributed by atoms with E-state index >= 15 is 0 Å². The molecule has 7 nitrogen and oxygen atoms in total. The maximum absolute atomic E-state index is 12.4. The number of hydrogen-bond acceptors (Lipinski definition) is 4. The minimum atomic E-state index is -0.319. The maximum atomic E-state index is 12.4. The van der Waals surface area contributed by atoms with E-state index in [-0.39, 0.29) is 29.3 Å². The van der Waals surface area contributed by atoms with E-state index in [4.69, 9.17) is 11.6 Å². The van der Waals surface area contributed by atoms with Gasteiger partial charge in [0.2, 0.25) is 5.91 Å². The molecule has 0 aliphatic heterocycles. The summed E-state index contributed by atoms with van der Waals surface area (Å²) in [4.78, 5) is 36.4. The molecule has 0 bridgehead atoms. The summed E-state index contributed by atoms with van der Waals surface area (Å²) in [6.45, 7) is 4.53. The van der Waals surface area contributed by atoms with Crippen LogP contribution in [0.1, 0.15) is 34.6 Å². The van der Waals surface area contributed by atoms with Gasteiger partial charge in [-0.25, -0.2) is 0 Å². The smallest absolute Gasteiger partial charge is 0.253 e. The highest BCUT2D eigenvalue weighted by atomic mass is 35.5. The Hall–Kier alpha value is -3.06. The number of rotatable bonds is 8. The maximum Gasteiger partial charge on any atom is 0.253 e. The molecule has 0 unspecified atom stereocenters. The molecule has 0 fully saturated rings. The zero-order valence-electron chi connectivity index (χ0n) is 16.6. The van der Waals surface area contributed by atoms with Crippen molar-refractivity contribution in [3.8, 4) is 0 Å². The summed E-state index contributed by atoms with van der Waals surface area (Å²) in [6, 6.07) is 11.7. The number of carbonyl (C=O) groups is 3. The summed E-state index contributed by atoms with van der Waals surface area (Å²) >= 11 is 6.11. The first-order chi connectivity index (χ1) is 13.8. The first-order valence-corrected chi connectivity index (χ1v) is 9.62. The van der Waals surface area contributed by atoms with Crippen LogP contribution in [-0.2, 0) is 4.79 Å². The number of carbonyl (C=O) groups excluding carboxylic acids is 3. The van der Waals surface area contributed by atoms with Crippen LogP contribution in [0.5, 0.6) is 0 Å². The van der Waals surface area contributed by atoms with Gasteiger partial charge in [0.15, 0.2) is 0 Å². The van der Waals surface area contributed by atoms with Crippen LogP contribution in [0.15, 0.2) is 42.5 Å². The Bertz CT molecular complexity index is 899. The zero-order valence-corrected chi connectivity index (χ0v) is 17.4. The average molecular weight is 417 g/mol. The number of amides is 3. The molecule has 0 heterocycles. The summed E-state index contributed by atoms with van der Waals surface area (Å²) in [7, 11) is 1.52. The van der Waals surface area contributed by atoms with Crippen LogP contribution in [0, 0.1) is 5.92 Å². The van der Waals surface area contributed by atoms with Crippen LogP contribution in [0.2, 0.25) is 5.02 Å². The average Bonchev–Trinajstić information content (AvgIpc) is 2.70. The molecule has 154 valence electrons. The molecule has 0 aliphatic rings. The molecule has 0 aromatic heterocycles. The summed E-state index contributed by atoms with van der Waals surface area (Å²) in [5.41, 5.74) is 1.79. The molecule has 3 amide bonds. The zero-order chi connectivity index (χ0) is 21.4. The van der Waals surface area contributed by atoms with Crippen molar-refractivity contribution in [1.82, 2.24) is 10.6 Å². The van der Waals surface area contributed by atoms with Gasteiger partial charge >= 0.3 is 0 Å². The van der Waals surface area contributed by atoms with Gasteiger partial charge in [-0.2, -0.15) is 0 Å². The first-order valence-electron chi connectivity index (χ1n) is 9.24. The molecule has 2 rings (SSSR count). The number of benzene rings is 2. The highest BCUT2D eigenvalue weighted by Crippen LogP contribution is 2.21. The van der Waals surface area contributed by atoms with Gasteiger partial charge in [-0.3, -0.25) is 14.4 Å². The fourth-order valence-electron chi connectivity index (χ4n) is 2.50. The summed E-state index contributed by atoms with van der Waals surface area (Å²) in [5.74, 6) is -0.516. The molecular weight excluding hydrogens is 392 g/mol. The Morgan fingerprint density at radius 1 is 1.00 bits per heavy atom. The Morgan fingerprint density at radius 3 is 2.38 bits per heavy atom. The predicted octanol–water partition coefficient (Wildman–Crippen LogP) is 3.14. The second kappa shape index (κ2) is 10.5. The number of hydrogen-bond donors (Lipinski definition) is 4. The lowest BCUT2D eigenvalue weighted by Crippen LogP contribution is -2.29. The van der Waals surface area contributed by atoms with Crippen molar-refractivity contribution in [3.63, 3.8) is 0 Å². The Kier molecular flexibility index (Phi) is 8.03. The minimum Gasteiger partial charge on any atom is -0.376 e. The monoisotopic (exact) mass is 416 g/mol. The lowest BCUT2D eigenvalue weighted by Gasteiger charge is -2.13. The standard InChI is InChI=1S/C21H25ClN4O3/c1-13(2)11-25-21(29)16-6-4-5-7-18(16)26-19(27)12-24-14-8-9-15(17(22)10-14)20(28)23-3/h4-10,13,24H,11-12H2,1-3H3,(H,23,28)(H,25,29)(H,26,27). The van der Waals surface area contributed by atoms with Crippen molar-refractivity contribution < 1.29 is 14.4 Å². The van der Waals surface area contributed by atoms with E-state index in [1.165, 1.54) is 7.05 Å². The van der Waals surface area contributed by atoms with E-state index < -0.39 is 0 Å². The third-order valence-electron chi connectivity index (χ3n) is 4.01. The van der Waals surface area contributed by atoms with Gasteiger partial charge in [-0.05, 0) is 36.2 Å². The van der Waals surface area contributed by atoms with Crippen LogP contribution < -0.4 is 21.3 Å². The van der Waals surface area contributed by atoms with E-state index in [9.17, 15) is 14.4 Å². The normalized spacial score (nSPS) is 10.4. The molecule has 0 saturated carbocycles. The molecule has 0 saturated heterocycles. The number of nitrogens with one attached hydrogen (secondary N) is 4. The van der Waals surface area contributed by atoms with Gasteiger partial charge in [0.25, 0.3) is 11.8 Å². The van der Waals surface area contributed by atoms with Crippen molar-refractivity contribution >= 4 is 40.7 Å². The van der Waals surface area contributed by atoms with E-state index in [0.717, 1.165) is 0 Å². The van der Waals surface area contributed by atoms with Crippen LogP contribution in [0.4, 0.5) is 11.4 Å².